The van der Waals surface area contributed by atoms with Crippen LogP contribution in [0.25, 0.3) is 0 Å². The van der Waals surface area contributed by atoms with E-state index in [2.05, 4.69) is 55.5 Å². The van der Waals surface area contributed by atoms with Crippen LogP contribution >= 0.6 is 22.6 Å². The second kappa shape index (κ2) is 10.5. The van der Waals surface area contributed by atoms with Gasteiger partial charge in [0.2, 0.25) is 0 Å². The van der Waals surface area contributed by atoms with E-state index >= 15 is 0 Å². The van der Waals surface area contributed by atoms with Gasteiger partial charge in [-0.05, 0) is 80.8 Å². The maximum Gasteiger partial charge on any atom is 0.264 e. The number of hydrogen-bond acceptors (Lipinski definition) is 3. The summed E-state index contributed by atoms with van der Waals surface area (Å²) in [5.74, 6) is -0.685. The summed E-state index contributed by atoms with van der Waals surface area (Å²) in [6.07, 6.45) is 10.4. The van der Waals surface area contributed by atoms with Crippen molar-refractivity contribution in [3.05, 3.63) is 62.8 Å². The monoisotopic (exact) mass is 509 g/mol. The van der Waals surface area contributed by atoms with E-state index in [1.54, 1.807) is 4.90 Å². The molecule has 4 nitrogen and oxygen atoms in total. The summed E-state index contributed by atoms with van der Waals surface area (Å²) >= 11 is 2.21. The Morgan fingerprint density at radius 3 is 2.62 bits per heavy atom. The Kier molecular flexibility index (Phi) is 8.67. The van der Waals surface area contributed by atoms with E-state index < -0.39 is 11.5 Å². The van der Waals surface area contributed by atoms with Gasteiger partial charge < -0.3 is 15.1 Å². The highest BCUT2D eigenvalue weighted by atomic mass is 127. The molecule has 0 aromatic heterocycles. The third-order valence-corrected chi connectivity index (χ3v) is 6.00. The molecule has 2 atom stereocenters. The fraction of sp³-hybridized carbons (Fsp3) is 0.458. The van der Waals surface area contributed by atoms with Crippen LogP contribution < -0.4 is 4.90 Å². The first kappa shape index (κ1) is 23.8. The molecule has 1 aliphatic rings. The first-order valence-corrected chi connectivity index (χ1v) is 11.2. The number of rotatable bonds is 9. The molecule has 2 rings (SSSR count). The molecule has 1 heterocycles. The standard InChI is InChI=1S/C24H32INO3/c1-17(2)8-7-9-18(3)13-14-26-22-12-11-20(25)16-21(22)24(29,23(26)28)19(4)10-5-6-15-27/h5,8,10-13,16,19,27,29H,6-7,9,14-15H2,1-4H3/b10-5+,18-13+/t19-,24+/m0/s1. The van der Waals surface area contributed by atoms with Gasteiger partial charge in [-0.15, -0.1) is 0 Å². The van der Waals surface area contributed by atoms with E-state index in [0.29, 0.717) is 18.5 Å². The average molecular weight is 509 g/mol. The van der Waals surface area contributed by atoms with Gasteiger partial charge in [0.15, 0.2) is 5.60 Å². The maximum absolute atomic E-state index is 13.3. The lowest BCUT2D eigenvalue weighted by molar-refractivity contribution is -0.139. The van der Waals surface area contributed by atoms with Gasteiger partial charge >= 0.3 is 0 Å². The largest absolute Gasteiger partial charge is 0.396 e. The van der Waals surface area contributed by atoms with Crippen LogP contribution in [0, 0.1) is 9.49 Å². The second-order valence-electron chi connectivity index (χ2n) is 7.94. The first-order chi connectivity index (χ1) is 13.7. The minimum absolute atomic E-state index is 0.0486. The number of benzene rings is 1. The summed E-state index contributed by atoms with van der Waals surface area (Å²) in [6.45, 7) is 8.62. The lowest BCUT2D eigenvalue weighted by Crippen LogP contribution is -2.44. The van der Waals surface area contributed by atoms with Crippen molar-refractivity contribution in [3.8, 4) is 0 Å². The molecule has 0 aliphatic carbocycles. The van der Waals surface area contributed by atoms with Crippen molar-refractivity contribution < 1.29 is 15.0 Å². The summed E-state index contributed by atoms with van der Waals surface area (Å²) in [7, 11) is 0. The molecule has 0 unspecified atom stereocenters. The average Bonchev–Trinajstić information content (AvgIpc) is 2.88. The molecule has 5 heteroatoms. The smallest absolute Gasteiger partial charge is 0.264 e. The van der Waals surface area contributed by atoms with E-state index in [1.165, 1.54) is 11.1 Å². The van der Waals surface area contributed by atoms with Crippen molar-refractivity contribution in [1.82, 2.24) is 0 Å². The quantitative estimate of drug-likeness (QED) is 0.360. The number of carbonyl (C=O) groups is 1. The normalized spacial score (nSPS) is 20.3. The zero-order valence-electron chi connectivity index (χ0n) is 17.8. The summed E-state index contributed by atoms with van der Waals surface area (Å²) in [5, 5.41) is 20.5. The molecule has 29 heavy (non-hydrogen) atoms. The lowest BCUT2D eigenvalue weighted by atomic mass is 9.83. The molecule has 0 spiro atoms. The fourth-order valence-electron chi connectivity index (χ4n) is 3.55. The number of fused-ring (bicyclic) bond motifs is 1. The molecule has 158 valence electrons. The number of aliphatic hydroxyl groups is 2. The minimum Gasteiger partial charge on any atom is -0.396 e. The molecule has 0 fully saturated rings. The van der Waals surface area contributed by atoms with Gasteiger partial charge in [-0.1, -0.05) is 42.4 Å². The number of amides is 1. The number of anilines is 1. The predicted molar refractivity (Wildman–Crippen MR) is 128 cm³/mol. The molecule has 0 bridgehead atoms. The Morgan fingerprint density at radius 2 is 1.97 bits per heavy atom. The third-order valence-electron chi connectivity index (χ3n) is 5.32. The van der Waals surface area contributed by atoms with E-state index in [0.717, 1.165) is 22.1 Å². The van der Waals surface area contributed by atoms with E-state index in [-0.39, 0.29) is 12.5 Å². The van der Waals surface area contributed by atoms with E-state index in [9.17, 15) is 9.90 Å². The van der Waals surface area contributed by atoms with Crippen LogP contribution in [0.1, 0.15) is 52.5 Å². The molecule has 1 amide bonds. The predicted octanol–water partition coefficient (Wildman–Crippen LogP) is 5.09. The summed E-state index contributed by atoms with van der Waals surface area (Å²) in [4.78, 5) is 15.0. The number of carbonyl (C=O) groups excluding carboxylic acids is 1. The fourth-order valence-corrected chi connectivity index (χ4v) is 4.04. The Morgan fingerprint density at radius 1 is 1.24 bits per heavy atom. The molecule has 1 aromatic rings. The van der Waals surface area contributed by atoms with Crippen LogP contribution in [-0.4, -0.2) is 29.3 Å². The van der Waals surface area contributed by atoms with Crippen molar-refractivity contribution in [2.45, 2.75) is 52.6 Å². The van der Waals surface area contributed by atoms with Gasteiger partial charge in [0.1, 0.15) is 0 Å². The van der Waals surface area contributed by atoms with Crippen LogP contribution in [0.3, 0.4) is 0 Å². The zero-order valence-corrected chi connectivity index (χ0v) is 19.9. The third kappa shape index (κ3) is 5.58. The van der Waals surface area contributed by atoms with Crippen molar-refractivity contribution in [1.29, 1.82) is 0 Å². The van der Waals surface area contributed by atoms with Crippen LogP contribution in [0.4, 0.5) is 5.69 Å². The Labute approximate surface area is 188 Å². The van der Waals surface area contributed by atoms with Crippen LogP contribution in [-0.2, 0) is 10.4 Å². The molecule has 1 aliphatic heterocycles. The van der Waals surface area contributed by atoms with Gasteiger partial charge in [0, 0.05) is 28.2 Å². The summed E-state index contributed by atoms with van der Waals surface area (Å²) in [5.41, 5.74) is 2.38. The summed E-state index contributed by atoms with van der Waals surface area (Å²) in [6, 6.07) is 5.78. The zero-order chi connectivity index (χ0) is 21.6. The highest BCUT2D eigenvalue weighted by molar-refractivity contribution is 14.1. The van der Waals surface area contributed by atoms with Crippen molar-refractivity contribution >= 4 is 34.2 Å². The van der Waals surface area contributed by atoms with Crippen LogP contribution in [0.15, 0.2) is 53.6 Å². The Bertz CT molecular complexity index is 823. The highest BCUT2D eigenvalue weighted by Crippen LogP contribution is 2.45. The second-order valence-corrected chi connectivity index (χ2v) is 9.19. The molecule has 1 aromatic carbocycles. The minimum atomic E-state index is -1.59. The maximum atomic E-state index is 13.3. The Hall–Kier alpha value is -1.44. The Balaban J connectivity index is 2.30. The number of hydrogen-bond donors (Lipinski definition) is 2. The lowest BCUT2D eigenvalue weighted by Gasteiger charge is -2.27. The number of halogens is 1. The van der Waals surface area contributed by atoms with Gasteiger partial charge in [0.05, 0.1) is 5.69 Å². The van der Waals surface area contributed by atoms with Gasteiger partial charge in [-0.3, -0.25) is 4.79 Å². The molecule has 2 N–H and O–H groups in total. The molecule has 0 saturated carbocycles. The van der Waals surface area contributed by atoms with Crippen molar-refractivity contribution in [2.24, 2.45) is 5.92 Å². The SMILES string of the molecule is CC(C)=CCC/C(C)=C/CN1C(=O)[C@@](O)([C@@H](C)/C=C/CCO)c2cc(I)ccc21. The molecular weight excluding hydrogens is 477 g/mol. The van der Waals surface area contributed by atoms with Crippen molar-refractivity contribution in [2.75, 3.05) is 18.1 Å². The van der Waals surface area contributed by atoms with Crippen LogP contribution in [0.5, 0.6) is 0 Å². The van der Waals surface area contributed by atoms with Crippen LogP contribution in [0.2, 0.25) is 0 Å². The summed E-state index contributed by atoms with van der Waals surface area (Å²) < 4.78 is 0.981. The van der Waals surface area contributed by atoms with Gasteiger partial charge in [0.25, 0.3) is 5.91 Å². The highest BCUT2D eigenvalue weighted by Gasteiger charge is 2.52. The van der Waals surface area contributed by atoms with E-state index in [1.807, 2.05) is 37.3 Å². The first-order valence-electron chi connectivity index (χ1n) is 10.1. The van der Waals surface area contributed by atoms with E-state index in [4.69, 9.17) is 5.11 Å². The van der Waals surface area contributed by atoms with Crippen molar-refractivity contribution in [3.63, 3.8) is 0 Å². The number of aliphatic hydroxyl groups excluding tert-OH is 1. The van der Waals surface area contributed by atoms with Gasteiger partial charge in [-0.25, -0.2) is 0 Å². The number of nitrogens with zero attached hydrogens (tertiary/aromatic N) is 1. The molecular formula is C24H32INO3. The number of allylic oxidation sites excluding steroid dienone is 3. The molecule has 0 radical (unpaired) electrons. The topological polar surface area (TPSA) is 60.8 Å². The van der Waals surface area contributed by atoms with Gasteiger partial charge in [-0.2, -0.15) is 0 Å². The molecule has 0 saturated heterocycles.